The van der Waals surface area contributed by atoms with E-state index in [9.17, 15) is 9.59 Å². The number of nitrogens with zero attached hydrogens (tertiary/aromatic N) is 5. The summed E-state index contributed by atoms with van der Waals surface area (Å²) in [6.45, 7) is 21.4. The van der Waals surface area contributed by atoms with Gasteiger partial charge in [-0.05, 0) is 129 Å². The molecule has 0 saturated heterocycles. The first-order valence-electron chi connectivity index (χ1n) is 17.9. The smallest absolute Gasteiger partial charge is 0.410 e. The van der Waals surface area contributed by atoms with Crippen LogP contribution in [0.3, 0.4) is 0 Å². The molecule has 1 aromatic heterocycles. The van der Waals surface area contributed by atoms with Crippen molar-refractivity contribution in [3.63, 3.8) is 0 Å². The number of aromatic nitrogens is 3. The summed E-state index contributed by atoms with van der Waals surface area (Å²) in [4.78, 5) is 28.5. The predicted molar refractivity (Wildman–Crippen MR) is 201 cm³/mol. The number of halogens is 1. The van der Waals surface area contributed by atoms with E-state index < -0.39 is 11.2 Å². The highest BCUT2D eigenvalue weighted by Crippen LogP contribution is 2.37. The molecule has 0 bridgehead atoms. The average Bonchev–Trinajstić information content (AvgIpc) is 3.48. The van der Waals surface area contributed by atoms with E-state index in [1.165, 1.54) is 0 Å². The average molecular weight is 701 g/mol. The van der Waals surface area contributed by atoms with E-state index in [-0.39, 0.29) is 30.1 Å². The maximum Gasteiger partial charge on any atom is 0.410 e. The summed E-state index contributed by atoms with van der Waals surface area (Å²) in [5.41, 5.74) is 5.03. The lowest BCUT2D eigenvalue weighted by Crippen LogP contribution is -2.39. The summed E-state index contributed by atoms with van der Waals surface area (Å²) in [5, 5.41) is 12.8. The molecule has 11 heteroatoms. The summed E-state index contributed by atoms with van der Waals surface area (Å²) >= 11 is 0. The van der Waals surface area contributed by atoms with Gasteiger partial charge in [-0.1, -0.05) is 24.3 Å². The molecule has 2 aliphatic heterocycles. The number of carbonyl (C=O) groups is 2. The number of anilines is 1. The van der Waals surface area contributed by atoms with Crippen LogP contribution in [-0.2, 0) is 9.47 Å². The molecule has 0 saturated carbocycles. The highest BCUT2D eigenvalue weighted by atomic mass is 19.1. The quantitative estimate of drug-likeness (QED) is 0.262. The van der Waals surface area contributed by atoms with Gasteiger partial charge >= 0.3 is 12.2 Å². The number of carbonyl (C=O) groups excluding carboxylic acids is 2. The second kappa shape index (κ2) is 14.9. The second-order valence-corrected chi connectivity index (χ2v) is 15.9. The van der Waals surface area contributed by atoms with Crippen molar-refractivity contribution >= 4 is 29.0 Å². The van der Waals surface area contributed by atoms with Crippen LogP contribution in [0.15, 0.2) is 48.6 Å². The molecule has 5 rings (SSSR count). The van der Waals surface area contributed by atoms with Gasteiger partial charge in [0.15, 0.2) is 11.6 Å². The molecule has 51 heavy (non-hydrogen) atoms. The number of nitrogens with one attached hydrogen (secondary N) is 1. The van der Waals surface area contributed by atoms with E-state index in [1.807, 2.05) is 78.2 Å². The molecule has 274 valence electrons. The number of rotatable bonds is 7. The monoisotopic (exact) mass is 700 g/mol. The van der Waals surface area contributed by atoms with Crippen molar-refractivity contribution in [2.45, 2.75) is 105 Å². The van der Waals surface area contributed by atoms with Gasteiger partial charge in [0.2, 0.25) is 0 Å². The number of hydrogen-bond donors (Lipinski definition) is 1. The molecule has 10 nitrogen and oxygen atoms in total. The van der Waals surface area contributed by atoms with Crippen LogP contribution in [0, 0.1) is 5.82 Å². The van der Waals surface area contributed by atoms with Gasteiger partial charge in [-0.3, -0.25) is 0 Å². The Labute approximate surface area is 301 Å². The van der Waals surface area contributed by atoms with Crippen LogP contribution >= 0.6 is 0 Å². The van der Waals surface area contributed by atoms with Crippen molar-refractivity contribution in [3.8, 4) is 22.8 Å². The van der Waals surface area contributed by atoms with Gasteiger partial charge in [0.05, 0.1) is 5.56 Å². The van der Waals surface area contributed by atoms with Gasteiger partial charge in [0.1, 0.15) is 17.0 Å². The van der Waals surface area contributed by atoms with Crippen LogP contribution in [0.1, 0.15) is 99.2 Å². The fourth-order valence-corrected chi connectivity index (χ4v) is 6.26. The minimum absolute atomic E-state index is 0.0598. The summed E-state index contributed by atoms with van der Waals surface area (Å²) < 4.78 is 29.0. The number of benzene rings is 2. The maximum atomic E-state index is 16.0. The zero-order valence-electron chi connectivity index (χ0n) is 31.8. The molecule has 3 heterocycles. The summed E-state index contributed by atoms with van der Waals surface area (Å²) in [7, 11) is 0. The van der Waals surface area contributed by atoms with Crippen molar-refractivity contribution in [1.29, 1.82) is 0 Å². The van der Waals surface area contributed by atoms with E-state index in [2.05, 4.69) is 47.6 Å². The van der Waals surface area contributed by atoms with Crippen molar-refractivity contribution < 1.29 is 23.5 Å². The molecule has 2 aliphatic rings. The highest BCUT2D eigenvalue weighted by molar-refractivity contribution is 5.81. The summed E-state index contributed by atoms with van der Waals surface area (Å²) in [6.07, 6.45) is 4.71. The summed E-state index contributed by atoms with van der Waals surface area (Å²) in [5.74, 6) is 0.711. The van der Waals surface area contributed by atoms with Crippen molar-refractivity contribution in [2.24, 2.45) is 0 Å². The largest absolute Gasteiger partial charge is 0.444 e. The van der Waals surface area contributed by atoms with Gasteiger partial charge in [-0.25, -0.2) is 14.0 Å². The molecule has 1 N–H and O–H groups in total. The van der Waals surface area contributed by atoms with Crippen LogP contribution in [0.4, 0.5) is 19.7 Å². The Morgan fingerprint density at radius 3 is 1.63 bits per heavy atom. The Balaban J connectivity index is 1.41. The fourth-order valence-electron chi connectivity index (χ4n) is 6.26. The Morgan fingerprint density at radius 2 is 1.22 bits per heavy atom. The predicted octanol–water partition coefficient (Wildman–Crippen LogP) is 9.20. The third-order valence-corrected chi connectivity index (χ3v) is 8.59. The fraction of sp³-hybridized carbons (Fsp3) is 0.500. The normalized spacial score (nSPS) is 15.5. The zero-order valence-corrected chi connectivity index (χ0v) is 31.8. The highest BCUT2D eigenvalue weighted by Gasteiger charge is 2.27. The molecule has 2 aromatic carbocycles. The van der Waals surface area contributed by atoms with Gasteiger partial charge < -0.3 is 29.2 Å². The molecule has 3 aromatic rings. The van der Waals surface area contributed by atoms with Gasteiger partial charge in [-0.2, -0.15) is 0 Å². The molecule has 2 amide bonds. The zero-order chi connectivity index (χ0) is 37.2. The van der Waals surface area contributed by atoms with Crippen molar-refractivity contribution in [2.75, 3.05) is 31.5 Å². The van der Waals surface area contributed by atoms with Gasteiger partial charge in [0, 0.05) is 49.5 Å². The number of amides is 2. The lowest BCUT2D eigenvalue weighted by molar-refractivity contribution is 0.0260. The van der Waals surface area contributed by atoms with Crippen LogP contribution in [-0.4, -0.2) is 80.2 Å². The second-order valence-electron chi connectivity index (χ2n) is 15.9. The molecule has 0 unspecified atom stereocenters. The number of hydrogen-bond acceptors (Lipinski definition) is 7. The number of ether oxygens (including phenoxy) is 2. The standard InChI is InChI=1S/C40H53FN6O4/c1-25(2)42-34-24-30(28-17-21-46(22-18-28)38(49)51-40(8,9)10)12-14-32(34)36-44-43-35(47(36)26(3)4)31-13-11-29(23-33(31)41)27-15-19-45(20-16-27)37(48)50-39(5,6)7/h11-15,17,23-26,42H,16,18-22H2,1-10H3. The van der Waals surface area contributed by atoms with E-state index in [1.54, 1.807) is 21.9 Å². The lowest BCUT2D eigenvalue weighted by Gasteiger charge is -2.30. The van der Waals surface area contributed by atoms with Crippen LogP contribution in [0.25, 0.3) is 33.9 Å². The lowest BCUT2D eigenvalue weighted by atomic mass is 9.96. The minimum atomic E-state index is -0.562. The van der Waals surface area contributed by atoms with Crippen molar-refractivity contribution in [3.05, 3.63) is 65.5 Å². The van der Waals surface area contributed by atoms with Gasteiger partial charge in [-0.15, -0.1) is 10.2 Å². The maximum absolute atomic E-state index is 16.0. The molecule has 0 fully saturated rings. The first kappa shape index (κ1) is 37.6. The van der Waals surface area contributed by atoms with Gasteiger partial charge in [0.25, 0.3) is 0 Å². The molecule has 0 atom stereocenters. The Kier molecular flexibility index (Phi) is 11.0. The first-order chi connectivity index (χ1) is 23.9. The third kappa shape index (κ3) is 9.17. The third-order valence-electron chi connectivity index (χ3n) is 8.59. The Morgan fingerprint density at radius 1 is 0.745 bits per heavy atom. The minimum Gasteiger partial charge on any atom is -0.444 e. The van der Waals surface area contributed by atoms with E-state index in [0.717, 1.165) is 33.5 Å². The molecular formula is C40H53FN6O4. The summed E-state index contributed by atoms with van der Waals surface area (Å²) in [6, 6.07) is 11.6. The van der Waals surface area contributed by atoms with E-state index >= 15 is 4.39 Å². The van der Waals surface area contributed by atoms with E-state index in [0.29, 0.717) is 56.2 Å². The topological polar surface area (TPSA) is 102 Å². The first-order valence-corrected chi connectivity index (χ1v) is 17.9. The van der Waals surface area contributed by atoms with Crippen molar-refractivity contribution in [1.82, 2.24) is 24.6 Å². The van der Waals surface area contributed by atoms with Crippen LogP contribution < -0.4 is 5.32 Å². The molecule has 0 radical (unpaired) electrons. The SMILES string of the molecule is CC(C)Nc1cc(C2=CCN(C(=O)OC(C)(C)C)CC2)ccc1-c1nnc(-c2ccc(C3=CCN(C(=O)OC(C)(C)C)CC3)cc2F)n1C(C)C. The molecule has 0 aliphatic carbocycles. The molecular weight excluding hydrogens is 647 g/mol. The Bertz CT molecular complexity index is 1830. The van der Waals surface area contributed by atoms with E-state index in [4.69, 9.17) is 9.47 Å². The molecule has 0 spiro atoms. The van der Waals surface area contributed by atoms with Crippen LogP contribution in [0.5, 0.6) is 0 Å². The Hall–Kier alpha value is -4.67. The van der Waals surface area contributed by atoms with Crippen LogP contribution in [0.2, 0.25) is 0 Å².